The minimum atomic E-state index is -0.601. The number of nitrogens with zero attached hydrogens (tertiary/aromatic N) is 3. The van der Waals surface area contributed by atoms with Crippen LogP contribution in [0, 0.1) is 5.92 Å². The lowest BCUT2D eigenvalue weighted by atomic mass is 10.1. The van der Waals surface area contributed by atoms with E-state index in [0.717, 1.165) is 13.1 Å². The van der Waals surface area contributed by atoms with Crippen molar-refractivity contribution in [3.05, 3.63) is 27.7 Å². The number of esters is 1. The summed E-state index contributed by atoms with van der Waals surface area (Å²) < 4.78 is 17.7. The van der Waals surface area contributed by atoms with E-state index in [0.29, 0.717) is 32.1 Å². The van der Waals surface area contributed by atoms with E-state index in [1.807, 2.05) is 13.8 Å². The Labute approximate surface area is 193 Å². The van der Waals surface area contributed by atoms with Crippen molar-refractivity contribution in [3.8, 4) is 5.75 Å². The number of hydrogen-bond donors (Lipinski definition) is 0. The molecule has 0 spiro atoms. The normalized spacial score (nSPS) is 16.8. The summed E-state index contributed by atoms with van der Waals surface area (Å²) in [5, 5.41) is 0. The van der Waals surface area contributed by atoms with Crippen LogP contribution in [0.25, 0.3) is 0 Å². The number of ether oxygens (including phenoxy) is 3. The minimum Gasteiger partial charge on any atom is -0.491 e. The predicted octanol–water partition coefficient (Wildman–Crippen LogP) is 0.346. The first-order valence-electron chi connectivity index (χ1n) is 11.4. The van der Waals surface area contributed by atoms with E-state index in [1.165, 1.54) is 22.6 Å². The molecule has 0 bridgehead atoms. The fraction of sp³-hybridized carbons (Fsp3) is 0.652. The molecule has 0 saturated carbocycles. The Balaban J connectivity index is 1.80. The second kappa shape index (κ2) is 11.4. The fourth-order valence-electron chi connectivity index (χ4n) is 4.13. The van der Waals surface area contributed by atoms with Crippen molar-refractivity contribution in [2.45, 2.75) is 33.2 Å². The molecule has 10 nitrogen and oxygen atoms in total. The third kappa shape index (κ3) is 6.20. The van der Waals surface area contributed by atoms with Gasteiger partial charge in [0.05, 0.1) is 20.3 Å². The molecule has 1 aromatic rings. The lowest BCUT2D eigenvalue weighted by Gasteiger charge is -2.26. The summed E-state index contributed by atoms with van der Waals surface area (Å²) in [5.74, 6) is -1.33. The first-order valence-corrected chi connectivity index (χ1v) is 11.4. The van der Waals surface area contributed by atoms with Gasteiger partial charge in [-0.25, -0.2) is 4.79 Å². The van der Waals surface area contributed by atoms with Crippen LogP contribution in [0.3, 0.4) is 0 Å². The van der Waals surface area contributed by atoms with Crippen molar-refractivity contribution >= 4 is 17.7 Å². The number of ketones is 1. The highest BCUT2D eigenvalue weighted by Gasteiger charge is 2.29. The molecular formula is C23H33N3O7. The topological polar surface area (TPSA) is 107 Å². The summed E-state index contributed by atoms with van der Waals surface area (Å²) >= 11 is 0. The van der Waals surface area contributed by atoms with Gasteiger partial charge in [0.15, 0.2) is 0 Å². The number of methoxy groups -OCH3 is 1. The van der Waals surface area contributed by atoms with Gasteiger partial charge in [0.2, 0.25) is 5.78 Å². The van der Waals surface area contributed by atoms with E-state index >= 15 is 0 Å². The van der Waals surface area contributed by atoms with E-state index in [1.54, 1.807) is 0 Å². The zero-order valence-corrected chi connectivity index (χ0v) is 19.6. The molecule has 0 N–H and O–H groups in total. The number of hydrogen-bond acceptors (Lipinski definition) is 8. The zero-order chi connectivity index (χ0) is 24.0. The molecule has 0 aromatic carbocycles. The maximum absolute atomic E-state index is 12.9. The Kier molecular flexibility index (Phi) is 8.62. The monoisotopic (exact) mass is 463 g/mol. The van der Waals surface area contributed by atoms with Crippen LogP contribution in [0.1, 0.15) is 36.3 Å². The lowest BCUT2D eigenvalue weighted by Crippen LogP contribution is -2.39. The smallest absolute Gasteiger partial charge is 0.343 e. The molecule has 3 heterocycles. The van der Waals surface area contributed by atoms with Crippen molar-refractivity contribution in [3.63, 3.8) is 0 Å². The van der Waals surface area contributed by atoms with Crippen LogP contribution < -0.4 is 10.3 Å². The summed E-state index contributed by atoms with van der Waals surface area (Å²) in [4.78, 5) is 54.0. The number of fused-ring (bicyclic) bond motifs is 1. The fourth-order valence-corrected chi connectivity index (χ4v) is 4.13. The summed E-state index contributed by atoms with van der Waals surface area (Å²) in [7, 11) is 1.28. The molecule has 1 fully saturated rings. The molecule has 1 saturated heterocycles. The van der Waals surface area contributed by atoms with Crippen LogP contribution >= 0.6 is 0 Å². The van der Waals surface area contributed by atoms with Gasteiger partial charge in [-0.15, -0.1) is 0 Å². The number of carbonyl (C=O) groups is 3. The number of pyridine rings is 1. The molecule has 0 unspecified atom stereocenters. The lowest BCUT2D eigenvalue weighted by molar-refractivity contribution is -0.145. The van der Waals surface area contributed by atoms with Crippen LogP contribution in [0.5, 0.6) is 5.75 Å². The van der Waals surface area contributed by atoms with Crippen molar-refractivity contribution in [1.29, 1.82) is 0 Å². The average Bonchev–Trinajstić information content (AvgIpc) is 3.02. The molecule has 0 radical (unpaired) electrons. The zero-order valence-electron chi connectivity index (χ0n) is 19.6. The predicted molar refractivity (Wildman–Crippen MR) is 120 cm³/mol. The van der Waals surface area contributed by atoms with Gasteiger partial charge in [0.25, 0.3) is 11.5 Å². The summed E-state index contributed by atoms with van der Waals surface area (Å²) in [5.41, 5.74) is 0.339. The first kappa shape index (κ1) is 24.9. The highest BCUT2D eigenvalue weighted by Crippen LogP contribution is 2.24. The maximum atomic E-state index is 12.9. The minimum absolute atomic E-state index is 0.0799. The van der Waals surface area contributed by atoms with E-state index in [4.69, 9.17) is 14.2 Å². The molecule has 0 aliphatic carbocycles. The number of rotatable bonds is 8. The van der Waals surface area contributed by atoms with Gasteiger partial charge in [0, 0.05) is 63.9 Å². The van der Waals surface area contributed by atoms with Crippen LogP contribution in [-0.2, 0) is 32.0 Å². The van der Waals surface area contributed by atoms with E-state index in [-0.39, 0.29) is 55.3 Å². The van der Waals surface area contributed by atoms with Crippen LogP contribution in [0.4, 0.5) is 0 Å². The van der Waals surface area contributed by atoms with Gasteiger partial charge in [-0.2, -0.15) is 0 Å². The van der Waals surface area contributed by atoms with Crippen LogP contribution in [-0.4, -0.2) is 91.7 Å². The number of carbonyl (C=O) groups excluding carboxylic acids is 3. The quantitative estimate of drug-likeness (QED) is 0.401. The van der Waals surface area contributed by atoms with Crippen LogP contribution in [0.2, 0.25) is 0 Å². The van der Waals surface area contributed by atoms with Gasteiger partial charge in [0.1, 0.15) is 17.9 Å². The molecule has 33 heavy (non-hydrogen) atoms. The van der Waals surface area contributed by atoms with Gasteiger partial charge in [-0.05, 0) is 5.92 Å². The van der Waals surface area contributed by atoms with Crippen molar-refractivity contribution in [2.75, 3.05) is 59.7 Å². The van der Waals surface area contributed by atoms with Gasteiger partial charge >= 0.3 is 5.97 Å². The number of aromatic nitrogens is 1. The van der Waals surface area contributed by atoms with E-state index in [9.17, 15) is 19.2 Å². The molecule has 3 rings (SSSR count). The molecule has 2 aliphatic heterocycles. The molecule has 182 valence electrons. The van der Waals surface area contributed by atoms with E-state index < -0.39 is 17.7 Å². The van der Waals surface area contributed by atoms with Gasteiger partial charge < -0.3 is 23.7 Å². The Morgan fingerprint density at radius 2 is 1.82 bits per heavy atom. The first-order chi connectivity index (χ1) is 15.8. The van der Waals surface area contributed by atoms with Crippen molar-refractivity contribution in [1.82, 2.24) is 14.4 Å². The largest absolute Gasteiger partial charge is 0.491 e. The Morgan fingerprint density at radius 1 is 1.09 bits per heavy atom. The molecule has 10 heteroatoms. The SMILES string of the molecule is COC(=O)c1c(OCCN2CCOCC2)cc(=O)n2c1CCN(C(=O)C(=O)CC(C)C)CC2. The number of morpholine rings is 1. The van der Waals surface area contributed by atoms with Crippen molar-refractivity contribution < 1.29 is 28.6 Å². The molecule has 0 atom stereocenters. The summed E-state index contributed by atoms with van der Waals surface area (Å²) in [6, 6.07) is 1.30. The second-order valence-electron chi connectivity index (χ2n) is 8.68. The standard InChI is InChI=1S/C23H33N3O7/c1-16(2)14-18(27)22(29)25-5-4-17-21(23(30)31-3)19(15-20(28)26(17)7-6-25)33-13-10-24-8-11-32-12-9-24/h15-16H,4-14H2,1-3H3. The van der Waals surface area contributed by atoms with Gasteiger partial charge in [-0.3, -0.25) is 19.3 Å². The number of amides is 1. The molecule has 1 amide bonds. The average molecular weight is 464 g/mol. The Morgan fingerprint density at radius 3 is 2.48 bits per heavy atom. The Hall–Kier alpha value is -2.72. The Bertz CT molecular complexity index is 935. The molecular weight excluding hydrogens is 430 g/mol. The maximum Gasteiger partial charge on any atom is 0.343 e. The van der Waals surface area contributed by atoms with E-state index in [2.05, 4.69) is 4.90 Å². The third-order valence-electron chi connectivity index (χ3n) is 5.87. The van der Waals surface area contributed by atoms with Crippen LogP contribution in [0.15, 0.2) is 10.9 Å². The van der Waals surface area contributed by atoms with Gasteiger partial charge in [-0.1, -0.05) is 13.8 Å². The summed E-state index contributed by atoms with van der Waals surface area (Å²) in [6.07, 6.45) is 0.414. The second-order valence-corrected chi connectivity index (χ2v) is 8.68. The third-order valence-corrected chi connectivity index (χ3v) is 5.87. The molecule has 2 aliphatic rings. The highest BCUT2D eigenvalue weighted by molar-refractivity contribution is 6.36. The summed E-state index contributed by atoms with van der Waals surface area (Å²) in [6.45, 7) is 8.29. The number of Topliss-reactive ketones (excluding diaryl/α,β-unsaturated/α-hetero) is 1. The van der Waals surface area contributed by atoms with Crippen molar-refractivity contribution in [2.24, 2.45) is 5.92 Å². The highest BCUT2D eigenvalue weighted by atomic mass is 16.5. The molecule has 1 aromatic heterocycles.